The van der Waals surface area contributed by atoms with E-state index in [0.29, 0.717) is 12.4 Å². The topological polar surface area (TPSA) is 80.1 Å². The van der Waals surface area contributed by atoms with E-state index in [1.807, 2.05) is 70.1 Å². The highest BCUT2D eigenvalue weighted by atomic mass is 16.2. The van der Waals surface area contributed by atoms with Crippen LogP contribution in [0.2, 0.25) is 0 Å². The third-order valence-electron chi connectivity index (χ3n) is 6.55. The zero-order valence-corrected chi connectivity index (χ0v) is 17.3. The third-order valence-corrected chi connectivity index (χ3v) is 6.55. The second kappa shape index (κ2) is 7.98. The van der Waals surface area contributed by atoms with Crippen molar-refractivity contribution in [1.82, 2.24) is 19.7 Å². The first-order chi connectivity index (χ1) is 15.1. The van der Waals surface area contributed by atoms with E-state index in [9.17, 15) is 9.59 Å². The highest BCUT2D eigenvalue weighted by molar-refractivity contribution is 6.01. The molecule has 1 aromatic heterocycles. The molecule has 1 spiro atoms. The Morgan fingerprint density at radius 1 is 0.871 bits per heavy atom. The molecule has 1 saturated heterocycles. The lowest BCUT2D eigenvalue weighted by atomic mass is 9.80. The number of anilines is 1. The van der Waals surface area contributed by atoms with E-state index < -0.39 is 0 Å². The predicted molar refractivity (Wildman–Crippen MR) is 117 cm³/mol. The average Bonchev–Trinajstić information content (AvgIpc) is 3.37. The maximum absolute atomic E-state index is 12.9. The number of nitrogens with one attached hydrogen (secondary N) is 1. The number of fused-ring (bicyclic) bond motifs is 1. The number of aryl methyl sites for hydroxylation is 1. The minimum Gasteiger partial charge on any atom is -0.338 e. The summed E-state index contributed by atoms with van der Waals surface area (Å²) in [5.74, 6) is 1.06. The lowest BCUT2D eigenvalue weighted by molar-refractivity contribution is 0.0767. The first kappa shape index (κ1) is 19.5. The molecule has 3 heterocycles. The molecule has 0 unspecified atom stereocenters. The number of benzene rings is 2. The summed E-state index contributed by atoms with van der Waals surface area (Å²) in [5.41, 5.74) is 1.55. The summed E-state index contributed by atoms with van der Waals surface area (Å²) in [6.45, 7) is 2.22. The van der Waals surface area contributed by atoms with Gasteiger partial charge >= 0.3 is 0 Å². The molecule has 0 radical (unpaired) electrons. The van der Waals surface area contributed by atoms with Crippen molar-refractivity contribution in [2.45, 2.75) is 32.2 Å². The van der Waals surface area contributed by atoms with Crippen LogP contribution in [0, 0.1) is 5.41 Å². The van der Waals surface area contributed by atoms with Crippen molar-refractivity contribution in [3.8, 4) is 0 Å². The van der Waals surface area contributed by atoms with Gasteiger partial charge in [-0.3, -0.25) is 9.59 Å². The number of carbonyl (C=O) groups excluding carboxylic acids is 2. The molecule has 1 fully saturated rings. The minimum atomic E-state index is -0.242. The Bertz CT molecular complexity index is 1100. The summed E-state index contributed by atoms with van der Waals surface area (Å²) in [5, 5.41) is 11.4. The molecule has 158 valence electrons. The van der Waals surface area contributed by atoms with Gasteiger partial charge in [-0.15, -0.1) is 10.2 Å². The summed E-state index contributed by atoms with van der Waals surface area (Å²) in [7, 11) is 0. The molecule has 2 aliphatic heterocycles. The van der Waals surface area contributed by atoms with Gasteiger partial charge in [0.25, 0.3) is 11.8 Å². The molecule has 2 aromatic carbocycles. The largest absolute Gasteiger partial charge is 0.338 e. The fourth-order valence-electron chi connectivity index (χ4n) is 4.76. The zero-order valence-electron chi connectivity index (χ0n) is 17.3. The van der Waals surface area contributed by atoms with Gasteiger partial charge in [-0.1, -0.05) is 36.4 Å². The smallest absolute Gasteiger partial charge is 0.293 e. The number of hydrogen-bond donors (Lipinski definition) is 1. The van der Waals surface area contributed by atoms with Crippen molar-refractivity contribution in [2.24, 2.45) is 5.41 Å². The first-order valence-electron chi connectivity index (χ1n) is 10.8. The molecule has 1 N–H and O–H groups in total. The Labute approximate surface area is 181 Å². The van der Waals surface area contributed by atoms with Crippen molar-refractivity contribution in [2.75, 3.05) is 18.4 Å². The molecular weight excluding hydrogens is 390 g/mol. The molecule has 7 nitrogen and oxygen atoms in total. The summed E-state index contributed by atoms with van der Waals surface area (Å²) in [6, 6.07) is 18.8. The second-order valence-corrected chi connectivity index (χ2v) is 8.50. The van der Waals surface area contributed by atoms with E-state index in [1.165, 1.54) is 0 Å². The van der Waals surface area contributed by atoms with E-state index in [4.69, 9.17) is 0 Å². The van der Waals surface area contributed by atoms with E-state index in [0.717, 1.165) is 55.8 Å². The van der Waals surface area contributed by atoms with Crippen LogP contribution in [0.4, 0.5) is 5.69 Å². The number of amides is 2. The van der Waals surface area contributed by atoms with Crippen LogP contribution in [-0.2, 0) is 13.0 Å². The van der Waals surface area contributed by atoms with Gasteiger partial charge in [0.15, 0.2) is 0 Å². The zero-order chi connectivity index (χ0) is 21.3. The predicted octanol–water partition coefficient (Wildman–Crippen LogP) is 3.40. The highest BCUT2D eigenvalue weighted by Gasteiger charge is 2.41. The van der Waals surface area contributed by atoms with Crippen LogP contribution in [0.3, 0.4) is 0 Å². The van der Waals surface area contributed by atoms with E-state index >= 15 is 0 Å². The maximum Gasteiger partial charge on any atom is 0.293 e. The Hall–Kier alpha value is -3.48. The molecular formula is C24H25N5O2. The molecule has 2 aliphatic rings. The van der Waals surface area contributed by atoms with Crippen LogP contribution in [0.1, 0.15) is 46.1 Å². The SMILES string of the molecule is O=C(Nc1ccccc1)c1nnc2n1CC[C@]1(CC2)CCN(C(=O)c2ccccc2)C1. The number of aromatic nitrogens is 3. The Morgan fingerprint density at radius 3 is 2.35 bits per heavy atom. The average molecular weight is 415 g/mol. The minimum absolute atomic E-state index is 0.0678. The van der Waals surface area contributed by atoms with Gasteiger partial charge in [0, 0.05) is 37.3 Å². The van der Waals surface area contributed by atoms with Gasteiger partial charge in [-0.25, -0.2) is 0 Å². The third kappa shape index (κ3) is 3.83. The van der Waals surface area contributed by atoms with Gasteiger partial charge in [0.1, 0.15) is 5.82 Å². The molecule has 2 amide bonds. The molecule has 1 atom stereocenters. The molecule has 3 aromatic rings. The molecule has 5 rings (SSSR count). The van der Waals surface area contributed by atoms with E-state index in [-0.39, 0.29) is 17.2 Å². The van der Waals surface area contributed by atoms with Gasteiger partial charge in [0.2, 0.25) is 5.82 Å². The number of hydrogen-bond acceptors (Lipinski definition) is 4. The standard InChI is InChI=1S/C24H25N5O2/c30-22(25-19-9-5-2-6-10-19)21-27-26-20-11-12-24(14-16-29(20)21)13-15-28(17-24)23(31)18-7-3-1-4-8-18/h1-10H,11-17H2,(H,25,30)/t24-/m0/s1. The van der Waals surface area contributed by atoms with Crippen LogP contribution in [0.15, 0.2) is 60.7 Å². The van der Waals surface area contributed by atoms with Crippen molar-refractivity contribution in [1.29, 1.82) is 0 Å². The van der Waals surface area contributed by atoms with Crippen molar-refractivity contribution >= 4 is 17.5 Å². The molecule has 31 heavy (non-hydrogen) atoms. The van der Waals surface area contributed by atoms with E-state index in [2.05, 4.69) is 15.5 Å². The summed E-state index contributed by atoms with van der Waals surface area (Å²) in [6.07, 6.45) is 3.60. The fourth-order valence-corrected chi connectivity index (χ4v) is 4.76. The van der Waals surface area contributed by atoms with Crippen LogP contribution < -0.4 is 5.32 Å². The van der Waals surface area contributed by atoms with Crippen LogP contribution >= 0.6 is 0 Å². The van der Waals surface area contributed by atoms with Gasteiger partial charge in [-0.2, -0.15) is 0 Å². The molecule has 0 bridgehead atoms. The van der Waals surface area contributed by atoms with Crippen LogP contribution in [-0.4, -0.2) is 44.6 Å². The molecule has 0 aliphatic carbocycles. The number of rotatable bonds is 3. The molecule has 7 heteroatoms. The van der Waals surface area contributed by atoms with Crippen molar-refractivity contribution in [3.63, 3.8) is 0 Å². The van der Waals surface area contributed by atoms with Crippen LogP contribution in [0.5, 0.6) is 0 Å². The Balaban J connectivity index is 1.29. The summed E-state index contributed by atoms with van der Waals surface area (Å²) >= 11 is 0. The van der Waals surface area contributed by atoms with Gasteiger partial charge in [0.05, 0.1) is 0 Å². The van der Waals surface area contributed by atoms with Crippen molar-refractivity contribution < 1.29 is 9.59 Å². The van der Waals surface area contributed by atoms with Crippen LogP contribution in [0.25, 0.3) is 0 Å². The maximum atomic E-state index is 12.9. The van der Waals surface area contributed by atoms with E-state index in [1.54, 1.807) is 0 Å². The number of para-hydroxylation sites is 1. The summed E-state index contributed by atoms with van der Waals surface area (Å²) < 4.78 is 1.95. The lowest BCUT2D eigenvalue weighted by Gasteiger charge is -2.27. The van der Waals surface area contributed by atoms with Crippen molar-refractivity contribution in [3.05, 3.63) is 77.9 Å². The Kier molecular flexibility index (Phi) is 5.02. The second-order valence-electron chi connectivity index (χ2n) is 8.50. The number of nitrogens with zero attached hydrogens (tertiary/aromatic N) is 4. The monoisotopic (exact) mass is 415 g/mol. The Morgan fingerprint density at radius 2 is 1.58 bits per heavy atom. The lowest BCUT2D eigenvalue weighted by Crippen LogP contribution is -2.32. The summed E-state index contributed by atoms with van der Waals surface area (Å²) in [4.78, 5) is 27.6. The number of carbonyl (C=O) groups is 2. The number of likely N-dealkylation sites (tertiary alicyclic amines) is 1. The van der Waals surface area contributed by atoms with Gasteiger partial charge in [-0.05, 0) is 48.9 Å². The fraction of sp³-hybridized carbons (Fsp3) is 0.333. The molecule has 0 saturated carbocycles. The first-order valence-corrected chi connectivity index (χ1v) is 10.8. The highest BCUT2D eigenvalue weighted by Crippen LogP contribution is 2.41. The van der Waals surface area contributed by atoms with Gasteiger partial charge < -0.3 is 14.8 Å². The quantitative estimate of drug-likeness (QED) is 0.711. The normalized spacial score (nSPS) is 20.3.